The van der Waals surface area contributed by atoms with Crippen LogP contribution in [0.4, 0.5) is 0 Å². The first-order valence-electron chi connectivity index (χ1n) is 6.26. The summed E-state index contributed by atoms with van der Waals surface area (Å²) in [7, 11) is 0. The van der Waals surface area contributed by atoms with E-state index in [0.29, 0.717) is 0 Å². The van der Waals surface area contributed by atoms with E-state index in [2.05, 4.69) is 20.4 Å². The monoisotopic (exact) mass is 284 g/mol. The van der Waals surface area contributed by atoms with Gasteiger partial charge in [-0.05, 0) is 31.5 Å². The molecule has 0 aliphatic heterocycles. The number of nitrogens with one attached hydrogen (secondary N) is 1. The highest BCUT2D eigenvalue weighted by Crippen LogP contribution is 2.35. The highest BCUT2D eigenvalue weighted by molar-refractivity contribution is 6.30. The Labute approximate surface area is 121 Å². The van der Waals surface area contributed by atoms with Gasteiger partial charge in [0.25, 0.3) is 0 Å². The Hall–Kier alpha value is -2.20. The molecule has 3 aromatic rings. The normalized spacial score (nSPS) is 10.8. The fourth-order valence-electron chi connectivity index (χ4n) is 2.32. The van der Waals surface area contributed by atoms with Crippen molar-refractivity contribution in [2.45, 2.75) is 13.8 Å². The van der Waals surface area contributed by atoms with Crippen molar-refractivity contribution in [3.8, 4) is 22.3 Å². The molecule has 0 amide bonds. The molecule has 0 radical (unpaired) electrons. The molecule has 0 fully saturated rings. The zero-order chi connectivity index (χ0) is 14.1. The van der Waals surface area contributed by atoms with Crippen LogP contribution in [0.25, 0.3) is 22.3 Å². The number of hydrogen-bond donors (Lipinski definition) is 1. The number of H-pyrrole nitrogens is 1. The van der Waals surface area contributed by atoms with Crippen molar-refractivity contribution < 1.29 is 0 Å². The molecule has 0 bridgehead atoms. The Morgan fingerprint density at radius 1 is 0.900 bits per heavy atom. The van der Waals surface area contributed by atoms with E-state index in [1.807, 2.05) is 44.3 Å². The zero-order valence-corrected chi connectivity index (χ0v) is 11.9. The van der Waals surface area contributed by atoms with E-state index in [1.54, 1.807) is 6.20 Å². The van der Waals surface area contributed by atoms with E-state index >= 15 is 0 Å². The van der Waals surface area contributed by atoms with E-state index in [1.165, 1.54) is 0 Å². The minimum Gasteiger partial charge on any atom is -0.285 e. The number of benzene rings is 1. The van der Waals surface area contributed by atoms with Crippen LogP contribution >= 0.6 is 11.6 Å². The number of aromatic nitrogens is 4. The molecule has 0 atom stereocenters. The molecule has 5 heteroatoms. The minimum absolute atomic E-state index is 0.718. The lowest BCUT2D eigenvalue weighted by Gasteiger charge is -2.13. The van der Waals surface area contributed by atoms with Crippen LogP contribution in [0.3, 0.4) is 0 Å². The minimum atomic E-state index is 0.718. The van der Waals surface area contributed by atoms with Gasteiger partial charge in [0, 0.05) is 27.9 Å². The third-order valence-electron chi connectivity index (χ3n) is 3.24. The predicted octanol–water partition coefficient (Wildman–Crippen LogP) is 3.80. The fraction of sp³-hybridized carbons (Fsp3) is 0.133. The molecule has 0 unspecified atom stereocenters. The molecule has 0 spiro atoms. The summed E-state index contributed by atoms with van der Waals surface area (Å²) in [6.45, 7) is 3.91. The van der Waals surface area contributed by atoms with Crippen LogP contribution in [-0.2, 0) is 0 Å². The van der Waals surface area contributed by atoms with Crippen molar-refractivity contribution in [3.05, 3.63) is 53.1 Å². The third kappa shape index (κ3) is 2.18. The molecular weight excluding hydrogens is 272 g/mol. The standard InChI is InChI=1S/C15H13ClN4/c1-9-14(11-3-5-13(16)6-4-11)15(10(2)20-19-9)12-7-17-18-8-12/h3-8H,1-2H3,(H,17,18). The van der Waals surface area contributed by atoms with Crippen molar-refractivity contribution in [1.82, 2.24) is 20.4 Å². The SMILES string of the molecule is Cc1nnc(C)c(-c2cn[nH]c2)c1-c1ccc(Cl)cc1. The summed E-state index contributed by atoms with van der Waals surface area (Å²) in [5.74, 6) is 0. The van der Waals surface area contributed by atoms with Crippen LogP contribution in [0.1, 0.15) is 11.4 Å². The molecule has 0 saturated heterocycles. The van der Waals surface area contributed by atoms with Gasteiger partial charge in [0.1, 0.15) is 0 Å². The highest BCUT2D eigenvalue weighted by Gasteiger charge is 2.16. The quantitative estimate of drug-likeness (QED) is 0.778. The Balaban J connectivity index is 2.29. The lowest BCUT2D eigenvalue weighted by Crippen LogP contribution is -1.99. The molecule has 1 aromatic carbocycles. The number of rotatable bonds is 2. The van der Waals surface area contributed by atoms with Crippen molar-refractivity contribution in [1.29, 1.82) is 0 Å². The van der Waals surface area contributed by atoms with Gasteiger partial charge in [-0.1, -0.05) is 23.7 Å². The van der Waals surface area contributed by atoms with Crippen LogP contribution in [0.15, 0.2) is 36.7 Å². The summed E-state index contributed by atoms with van der Waals surface area (Å²) in [6, 6.07) is 7.75. The van der Waals surface area contributed by atoms with Crippen LogP contribution in [0, 0.1) is 13.8 Å². The van der Waals surface area contributed by atoms with Gasteiger partial charge in [-0.25, -0.2) is 0 Å². The van der Waals surface area contributed by atoms with Gasteiger partial charge in [-0.2, -0.15) is 15.3 Å². The average molecular weight is 285 g/mol. The Bertz CT molecular complexity index is 733. The largest absolute Gasteiger partial charge is 0.285 e. The van der Waals surface area contributed by atoms with Gasteiger partial charge in [0.05, 0.1) is 17.6 Å². The topological polar surface area (TPSA) is 54.5 Å². The highest BCUT2D eigenvalue weighted by atomic mass is 35.5. The van der Waals surface area contributed by atoms with Crippen LogP contribution < -0.4 is 0 Å². The third-order valence-corrected chi connectivity index (χ3v) is 3.50. The van der Waals surface area contributed by atoms with E-state index in [4.69, 9.17) is 11.6 Å². The fourth-order valence-corrected chi connectivity index (χ4v) is 2.45. The van der Waals surface area contributed by atoms with Crippen molar-refractivity contribution >= 4 is 11.6 Å². The number of halogens is 1. The maximum absolute atomic E-state index is 5.97. The lowest BCUT2D eigenvalue weighted by atomic mass is 9.94. The van der Waals surface area contributed by atoms with Gasteiger partial charge in [0.15, 0.2) is 0 Å². The van der Waals surface area contributed by atoms with Gasteiger partial charge >= 0.3 is 0 Å². The van der Waals surface area contributed by atoms with Crippen molar-refractivity contribution in [2.75, 3.05) is 0 Å². The summed E-state index contributed by atoms with van der Waals surface area (Å²) in [4.78, 5) is 0. The van der Waals surface area contributed by atoms with Crippen LogP contribution in [0.2, 0.25) is 5.02 Å². The maximum atomic E-state index is 5.97. The van der Waals surface area contributed by atoms with E-state index < -0.39 is 0 Å². The average Bonchev–Trinajstić information content (AvgIpc) is 2.96. The van der Waals surface area contributed by atoms with Crippen molar-refractivity contribution in [3.63, 3.8) is 0 Å². The second-order valence-electron chi connectivity index (χ2n) is 4.61. The molecule has 2 heterocycles. The Morgan fingerprint density at radius 2 is 1.50 bits per heavy atom. The Kier molecular flexibility index (Phi) is 3.24. The molecule has 2 aromatic heterocycles. The number of aryl methyl sites for hydroxylation is 2. The summed E-state index contributed by atoms with van der Waals surface area (Å²) >= 11 is 5.97. The molecule has 3 rings (SSSR count). The predicted molar refractivity (Wildman–Crippen MR) is 79.5 cm³/mol. The van der Waals surface area contributed by atoms with Crippen molar-refractivity contribution in [2.24, 2.45) is 0 Å². The summed E-state index contributed by atoms with van der Waals surface area (Å²) in [5.41, 5.74) is 5.95. The van der Waals surface area contributed by atoms with E-state index in [9.17, 15) is 0 Å². The molecule has 20 heavy (non-hydrogen) atoms. The molecule has 4 nitrogen and oxygen atoms in total. The number of nitrogens with zero attached hydrogens (tertiary/aromatic N) is 3. The number of hydrogen-bond acceptors (Lipinski definition) is 3. The summed E-state index contributed by atoms with van der Waals surface area (Å²) in [6.07, 6.45) is 3.66. The molecular formula is C15H13ClN4. The number of aromatic amines is 1. The second kappa shape index (κ2) is 5.06. The van der Waals surface area contributed by atoms with Crippen LogP contribution in [-0.4, -0.2) is 20.4 Å². The molecule has 1 N–H and O–H groups in total. The second-order valence-corrected chi connectivity index (χ2v) is 5.05. The lowest BCUT2D eigenvalue weighted by molar-refractivity contribution is 0.946. The first kappa shape index (κ1) is 12.8. The van der Waals surface area contributed by atoms with E-state index in [-0.39, 0.29) is 0 Å². The Morgan fingerprint density at radius 3 is 2.05 bits per heavy atom. The molecule has 0 saturated carbocycles. The van der Waals surface area contributed by atoms with Gasteiger partial charge in [-0.3, -0.25) is 5.10 Å². The first-order valence-corrected chi connectivity index (χ1v) is 6.63. The molecule has 0 aliphatic rings. The van der Waals surface area contributed by atoms with Gasteiger partial charge in [-0.15, -0.1) is 0 Å². The van der Waals surface area contributed by atoms with E-state index in [0.717, 1.165) is 38.7 Å². The maximum Gasteiger partial charge on any atom is 0.0686 e. The smallest absolute Gasteiger partial charge is 0.0686 e. The zero-order valence-electron chi connectivity index (χ0n) is 11.2. The molecule has 100 valence electrons. The summed E-state index contributed by atoms with van der Waals surface area (Å²) in [5, 5.41) is 16.0. The molecule has 0 aliphatic carbocycles. The summed E-state index contributed by atoms with van der Waals surface area (Å²) < 4.78 is 0. The van der Waals surface area contributed by atoms with Gasteiger partial charge in [0.2, 0.25) is 0 Å². The van der Waals surface area contributed by atoms with Gasteiger partial charge < -0.3 is 0 Å². The van der Waals surface area contributed by atoms with Crippen LogP contribution in [0.5, 0.6) is 0 Å². The first-order chi connectivity index (χ1) is 9.66.